The number of thioether (sulfide) groups is 1. The van der Waals surface area contributed by atoms with Crippen LogP contribution in [0.5, 0.6) is 0 Å². The predicted molar refractivity (Wildman–Crippen MR) is 140 cm³/mol. The van der Waals surface area contributed by atoms with Gasteiger partial charge in [0, 0.05) is 29.8 Å². The lowest BCUT2D eigenvalue weighted by Gasteiger charge is -2.27. The Hall–Kier alpha value is -2.45. The molecule has 6 nitrogen and oxygen atoms in total. The van der Waals surface area contributed by atoms with Crippen LogP contribution in [0.4, 0.5) is 5.69 Å². The smallest absolute Gasteiger partial charge is 0.270 e. The summed E-state index contributed by atoms with van der Waals surface area (Å²) in [7, 11) is 0. The number of non-ortho nitro benzene ring substituents is 1. The van der Waals surface area contributed by atoms with E-state index in [-0.39, 0.29) is 17.6 Å². The van der Waals surface area contributed by atoms with Crippen molar-refractivity contribution in [2.24, 2.45) is 0 Å². The Morgan fingerprint density at radius 3 is 2.29 bits per heavy atom. The summed E-state index contributed by atoms with van der Waals surface area (Å²) in [4.78, 5) is 26.4. The Bertz CT molecular complexity index is 1070. The average molecular weight is 499 g/mol. The van der Waals surface area contributed by atoms with Crippen LogP contribution in [0.2, 0.25) is 0 Å². The van der Waals surface area contributed by atoms with Crippen LogP contribution in [0.25, 0.3) is 17.4 Å². The number of rotatable bonds is 4. The second-order valence-electron chi connectivity index (χ2n) is 8.97. The van der Waals surface area contributed by atoms with Crippen molar-refractivity contribution in [2.45, 2.75) is 76.7 Å². The van der Waals surface area contributed by atoms with Gasteiger partial charge in [-0.05, 0) is 25.0 Å². The molecule has 1 aliphatic heterocycles. The quantitative estimate of drug-likeness (QED) is 0.186. The van der Waals surface area contributed by atoms with Crippen molar-refractivity contribution in [1.29, 1.82) is 0 Å². The summed E-state index contributed by atoms with van der Waals surface area (Å²) in [6, 6.07) is 10.0. The Morgan fingerprint density at radius 1 is 1.00 bits per heavy atom. The van der Waals surface area contributed by atoms with Gasteiger partial charge in [-0.3, -0.25) is 19.8 Å². The molecule has 0 bridgehead atoms. The van der Waals surface area contributed by atoms with Crippen molar-refractivity contribution in [3.05, 3.63) is 57.2 Å². The molecule has 0 N–H and O–H groups in total. The van der Waals surface area contributed by atoms with Gasteiger partial charge >= 0.3 is 0 Å². The largest absolute Gasteiger partial charge is 0.457 e. The fourth-order valence-electron chi connectivity index (χ4n) is 4.68. The lowest BCUT2D eigenvalue weighted by molar-refractivity contribution is -0.384. The first-order valence-electron chi connectivity index (χ1n) is 12.1. The summed E-state index contributed by atoms with van der Waals surface area (Å²) in [5.74, 6) is 1.01. The normalized spacial score (nSPS) is 20.4. The fourth-order valence-corrected chi connectivity index (χ4v) is 6.06. The molecule has 0 radical (unpaired) electrons. The van der Waals surface area contributed by atoms with E-state index in [1.54, 1.807) is 30.3 Å². The van der Waals surface area contributed by atoms with Gasteiger partial charge in [0.15, 0.2) is 0 Å². The standard InChI is InChI=1S/C26H30N2O4S2/c29-25-24(18-22-15-16-23(32-22)19-11-10-14-21(17-19)28(30)31)34-26(33)27(25)20-12-8-6-4-2-1-3-5-7-9-13-20/h10-11,14-18,20H,1-9,12-13H2. The van der Waals surface area contributed by atoms with Crippen LogP contribution < -0.4 is 0 Å². The minimum Gasteiger partial charge on any atom is -0.457 e. The number of carbonyl (C=O) groups excluding carboxylic acids is 1. The van der Waals surface area contributed by atoms with Gasteiger partial charge in [-0.15, -0.1) is 0 Å². The molecule has 1 aromatic heterocycles. The first-order valence-corrected chi connectivity index (χ1v) is 13.4. The van der Waals surface area contributed by atoms with Crippen molar-refractivity contribution in [3.63, 3.8) is 0 Å². The zero-order chi connectivity index (χ0) is 23.9. The molecule has 8 heteroatoms. The second kappa shape index (κ2) is 11.8. The van der Waals surface area contributed by atoms with E-state index in [1.165, 1.54) is 68.8 Å². The van der Waals surface area contributed by atoms with Gasteiger partial charge in [-0.1, -0.05) is 93.9 Å². The van der Waals surface area contributed by atoms with Crippen LogP contribution in [0.15, 0.2) is 45.7 Å². The summed E-state index contributed by atoms with van der Waals surface area (Å²) in [5.41, 5.74) is 0.628. The number of nitro groups is 1. The lowest BCUT2D eigenvalue weighted by atomic mass is 9.97. The van der Waals surface area contributed by atoms with Crippen molar-refractivity contribution >= 4 is 46.0 Å². The SMILES string of the molecule is O=C1C(=Cc2ccc(-c3cccc([N+](=O)[O-])c3)o2)SC(=S)N1C1CCCCCCCCCCC1. The van der Waals surface area contributed by atoms with Crippen molar-refractivity contribution in [1.82, 2.24) is 4.90 Å². The maximum Gasteiger partial charge on any atom is 0.270 e. The zero-order valence-corrected chi connectivity index (χ0v) is 20.9. The molecule has 1 amide bonds. The number of hydrogen-bond acceptors (Lipinski definition) is 6. The van der Waals surface area contributed by atoms with Crippen LogP contribution >= 0.6 is 24.0 Å². The fraction of sp³-hybridized carbons (Fsp3) is 0.462. The van der Waals surface area contributed by atoms with Crippen molar-refractivity contribution in [2.75, 3.05) is 0 Å². The van der Waals surface area contributed by atoms with E-state index in [2.05, 4.69) is 0 Å². The molecule has 34 heavy (non-hydrogen) atoms. The van der Waals surface area contributed by atoms with E-state index < -0.39 is 4.92 Å². The summed E-state index contributed by atoms with van der Waals surface area (Å²) in [5, 5.41) is 11.1. The average Bonchev–Trinajstić information content (AvgIpc) is 3.39. The van der Waals surface area contributed by atoms with Crippen molar-refractivity contribution < 1.29 is 14.1 Å². The molecule has 0 atom stereocenters. The number of carbonyl (C=O) groups is 1. The number of benzene rings is 1. The molecule has 2 fully saturated rings. The molecule has 1 saturated carbocycles. The molecule has 0 unspecified atom stereocenters. The molecule has 180 valence electrons. The Kier molecular flexibility index (Phi) is 8.56. The van der Waals surface area contributed by atoms with Crippen molar-refractivity contribution in [3.8, 4) is 11.3 Å². The minimum absolute atomic E-state index is 0.00773. The topological polar surface area (TPSA) is 76.6 Å². The number of thiocarbonyl (C=S) groups is 1. The van der Waals surface area contributed by atoms with E-state index >= 15 is 0 Å². The van der Waals surface area contributed by atoms with Gasteiger partial charge in [0.1, 0.15) is 15.8 Å². The van der Waals surface area contributed by atoms with Crippen LogP contribution in [-0.2, 0) is 4.79 Å². The van der Waals surface area contributed by atoms with E-state index in [9.17, 15) is 14.9 Å². The third-order valence-corrected chi connectivity index (χ3v) is 7.84. The highest BCUT2D eigenvalue weighted by atomic mass is 32.2. The van der Waals surface area contributed by atoms with Gasteiger partial charge in [0.25, 0.3) is 11.6 Å². The van der Waals surface area contributed by atoms with E-state index in [4.69, 9.17) is 16.6 Å². The highest BCUT2D eigenvalue weighted by molar-refractivity contribution is 8.26. The lowest BCUT2D eigenvalue weighted by Crippen LogP contribution is -2.38. The maximum atomic E-state index is 13.3. The Balaban J connectivity index is 1.48. The van der Waals surface area contributed by atoms with Gasteiger partial charge in [0.2, 0.25) is 0 Å². The number of furan rings is 1. The highest BCUT2D eigenvalue weighted by Gasteiger charge is 2.36. The predicted octanol–water partition coefficient (Wildman–Crippen LogP) is 7.73. The minimum atomic E-state index is -0.429. The molecular weight excluding hydrogens is 468 g/mol. The molecule has 4 rings (SSSR count). The molecule has 0 spiro atoms. The van der Waals surface area contributed by atoms with Crippen LogP contribution in [0.1, 0.15) is 76.4 Å². The van der Waals surface area contributed by atoms with Gasteiger partial charge < -0.3 is 4.42 Å². The third-order valence-electron chi connectivity index (χ3n) is 6.51. The molecule has 2 aliphatic rings. The van der Waals surface area contributed by atoms with Crippen LogP contribution in [0, 0.1) is 10.1 Å². The van der Waals surface area contributed by atoms with Gasteiger partial charge in [-0.25, -0.2) is 0 Å². The molecule has 1 aromatic carbocycles. The monoisotopic (exact) mass is 498 g/mol. The molecular formula is C26H30N2O4S2. The van der Waals surface area contributed by atoms with Gasteiger partial charge in [0.05, 0.1) is 9.83 Å². The van der Waals surface area contributed by atoms with Gasteiger partial charge in [-0.2, -0.15) is 0 Å². The number of nitro benzene ring substituents is 1. The molecule has 1 saturated heterocycles. The zero-order valence-electron chi connectivity index (χ0n) is 19.2. The van der Waals surface area contributed by atoms with E-state index in [0.717, 1.165) is 25.7 Å². The van der Waals surface area contributed by atoms with Crippen LogP contribution in [0.3, 0.4) is 0 Å². The maximum absolute atomic E-state index is 13.3. The highest BCUT2D eigenvalue weighted by Crippen LogP contribution is 2.37. The molecule has 1 aliphatic carbocycles. The molecule has 2 aromatic rings. The Labute approximate surface area is 209 Å². The number of amides is 1. The Morgan fingerprint density at radius 2 is 1.65 bits per heavy atom. The number of nitrogens with zero attached hydrogens (tertiary/aromatic N) is 2. The first-order chi connectivity index (χ1) is 16.5. The summed E-state index contributed by atoms with van der Waals surface area (Å²) in [6.07, 6.45) is 14.9. The van der Waals surface area contributed by atoms with E-state index in [0.29, 0.717) is 26.3 Å². The van der Waals surface area contributed by atoms with Crippen LogP contribution in [-0.4, -0.2) is 26.1 Å². The van der Waals surface area contributed by atoms with E-state index in [1.807, 2.05) is 4.90 Å². The summed E-state index contributed by atoms with van der Waals surface area (Å²) in [6.45, 7) is 0. The number of hydrogen-bond donors (Lipinski definition) is 0. The summed E-state index contributed by atoms with van der Waals surface area (Å²) >= 11 is 6.96. The third kappa shape index (κ3) is 6.16. The second-order valence-corrected chi connectivity index (χ2v) is 10.7. The summed E-state index contributed by atoms with van der Waals surface area (Å²) < 4.78 is 6.52. The first kappa shape index (κ1) is 24.7. The molecule has 2 heterocycles.